The molecule has 2 aromatic rings. The number of benzene rings is 2. The van der Waals surface area contributed by atoms with E-state index in [-0.39, 0.29) is 22.2 Å². The third-order valence-corrected chi connectivity index (χ3v) is 7.66. The number of ether oxygens (including phenoxy) is 1. The van der Waals surface area contributed by atoms with E-state index in [0.717, 1.165) is 22.7 Å². The van der Waals surface area contributed by atoms with Crippen LogP contribution in [-0.4, -0.2) is 40.1 Å². The Balaban J connectivity index is 1.63. The van der Waals surface area contributed by atoms with Gasteiger partial charge in [-0.15, -0.1) is 0 Å². The molecule has 0 aromatic heterocycles. The van der Waals surface area contributed by atoms with Crippen LogP contribution < -0.4 is 9.62 Å². The Morgan fingerprint density at radius 1 is 1.09 bits per heavy atom. The van der Waals surface area contributed by atoms with Crippen LogP contribution in [0.2, 0.25) is 5.02 Å². The highest BCUT2D eigenvalue weighted by atomic mass is 35.5. The number of nitrogens with one attached hydrogen (secondary N) is 1. The van der Waals surface area contributed by atoms with Crippen molar-refractivity contribution in [1.29, 1.82) is 0 Å². The van der Waals surface area contributed by atoms with Crippen LogP contribution in [0.5, 0.6) is 0 Å². The molecule has 1 fully saturated rings. The minimum absolute atomic E-state index is 0.108. The van der Waals surface area contributed by atoms with E-state index in [0.29, 0.717) is 25.7 Å². The maximum Gasteiger partial charge on any atom is 0.264 e. The van der Waals surface area contributed by atoms with Gasteiger partial charge in [-0.1, -0.05) is 60.7 Å². The first-order valence-electron chi connectivity index (χ1n) is 11.1. The van der Waals surface area contributed by atoms with Crippen LogP contribution in [0.15, 0.2) is 53.4 Å². The van der Waals surface area contributed by atoms with Crippen LogP contribution >= 0.6 is 11.6 Å². The summed E-state index contributed by atoms with van der Waals surface area (Å²) in [4.78, 5) is 12.7. The smallest absolute Gasteiger partial charge is 0.264 e. The fourth-order valence-electron chi connectivity index (χ4n) is 3.76. The molecule has 0 aliphatic heterocycles. The van der Waals surface area contributed by atoms with Gasteiger partial charge in [0, 0.05) is 13.2 Å². The lowest BCUT2D eigenvalue weighted by molar-refractivity contribution is -0.119. The normalized spacial score (nSPS) is 14.8. The first-order valence-corrected chi connectivity index (χ1v) is 12.9. The van der Waals surface area contributed by atoms with Gasteiger partial charge in [-0.05, 0) is 50.5 Å². The number of amides is 1. The molecule has 0 spiro atoms. The number of hydrogen-bond donors (Lipinski definition) is 1. The average molecular weight is 479 g/mol. The van der Waals surface area contributed by atoms with Crippen LogP contribution in [0.3, 0.4) is 0 Å². The van der Waals surface area contributed by atoms with Crippen molar-refractivity contribution in [2.75, 3.05) is 24.0 Å². The van der Waals surface area contributed by atoms with Crippen LogP contribution in [0.1, 0.15) is 44.1 Å². The second-order valence-corrected chi connectivity index (χ2v) is 10.4. The van der Waals surface area contributed by atoms with Gasteiger partial charge in [-0.3, -0.25) is 9.10 Å². The number of halogens is 1. The Hall–Kier alpha value is -2.09. The molecule has 0 bridgehead atoms. The molecule has 174 valence electrons. The lowest BCUT2D eigenvalue weighted by Crippen LogP contribution is -2.41. The van der Waals surface area contributed by atoms with Crippen LogP contribution in [0, 0.1) is 6.92 Å². The van der Waals surface area contributed by atoms with Gasteiger partial charge in [0.15, 0.2) is 0 Å². The van der Waals surface area contributed by atoms with Gasteiger partial charge < -0.3 is 10.1 Å². The molecular weight excluding hydrogens is 448 g/mol. The van der Waals surface area contributed by atoms with E-state index >= 15 is 0 Å². The molecule has 0 unspecified atom stereocenters. The van der Waals surface area contributed by atoms with E-state index in [4.69, 9.17) is 16.3 Å². The fraction of sp³-hybridized carbons (Fsp3) is 0.458. The van der Waals surface area contributed by atoms with Crippen molar-refractivity contribution in [2.45, 2.75) is 56.4 Å². The number of carbonyl (C=O) groups is 1. The van der Waals surface area contributed by atoms with Crippen LogP contribution in [0.25, 0.3) is 0 Å². The van der Waals surface area contributed by atoms with Gasteiger partial charge in [0.05, 0.1) is 21.7 Å². The van der Waals surface area contributed by atoms with Crippen LogP contribution in [-0.2, 0) is 19.6 Å². The number of hydrogen-bond acceptors (Lipinski definition) is 4. The van der Waals surface area contributed by atoms with Crippen molar-refractivity contribution < 1.29 is 17.9 Å². The zero-order valence-corrected chi connectivity index (χ0v) is 20.0. The Labute approximate surface area is 196 Å². The number of nitrogens with zero attached hydrogens (tertiary/aromatic N) is 1. The van der Waals surface area contributed by atoms with E-state index in [9.17, 15) is 13.2 Å². The molecule has 32 heavy (non-hydrogen) atoms. The lowest BCUT2D eigenvalue weighted by atomic mass is 9.98. The van der Waals surface area contributed by atoms with Gasteiger partial charge >= 0.3 is 0 Å². The number of rotatable bonds is 10. The predicted molar refractivity (Wildman–Crippen MR) is 128 cm³/mol. The molecule has 1 amide bonds. The van der Waals surface area contributed by atoms with Gasteiger partial charge in [-0.25, -0.2) is 8.42 Å². The highest BCUT2D eigenvalue weighted by molar-refractivity contribution is 7.92. The Bertz CT molecular complexity index is 989. The molecule has 0 radical (unpaired) electrons. The number of aryl methyl sites for hydroxylation is 1. The molecule has 1 aliphatic rings. The summed E-state index contributed by atoms with van der Waals surface area (Å²) in [6.07, 6.45) is 6.94. The van der Waals surface area contributed by atoms with Crippen LogP contribution in [0.4, 0.5) is 5.69 Å². The SMILES string of the molecule is Cc1ccc(S(=O)(=O)N(CC(=O)NCCCOC2CCCCC2)c2ccccc2Cl)cc1. The first-order chi connectivity index (χ1) is 15.4. The zero-order valence-electron chi connectivity index (χ0n) is 18.4. The average Bonchev–Trinajstić information content (AvgIpc) is 2.79. The number of carbonyl (C=O) groups excluding carboxylic acids is 1. The van der Waals surface area contributed by atoms with Crippen molar-refractivity contribution in [3.8, 4) is 0 Å². The summed E-state index contributed by atoms with van der Waals surface area (Å²) in [7, 11) is -3.97. The largest absolute Gasteiger partial charge is 0.378 e. The third kappa shape index (κ3) is 6.70. The second kappa shape index (κ2) is 11.7. The predicted octanol–water partition coefficient (Wildman–Crippen LogP) is 4.70. The second-order valence-electron chi connectivity index (χ2n) is 8.11. The molecule has 2 aromatic carbocycles. The fourth-order valence-corrected chi connectivity index (χ4v) is 5.49. The topological polar surface area (TPSA) is 75.7 Å². The zero-order chi connectivity index (χ0) is 23.0. The first kappa shape index (κ1) is 24.6. The summed E-state index contributed by atoms with van der Waals surface area (Å²) in [6, 6.07) is 13.1. The summed E-state index contributed by atoms with van der Waals surface area (Å²) in [6.45, 7) is 2.53. The summed E-state index contributed by atoms with van der Waals surface area (Å²) < 4.78 is 33.6. The highest BCUT2D eigenvalue weighted by Gasteiger charge is 2.28. The molecule has 1 N–H and O–H groups in total. The van der Waals surface area contributed by atoms with E-state index in [2.05, 4.69) is 5.32 Å². The van der Waals surface area contributed by atoms with Crippen molar-refractivity contribution in [3.63, 3.8) is 0 Å². The van der Waals surface area contributed by atoms with Crippen molar-refractivity contribution >= 4 is 33.2 Å². The van der Waals surface area contributed by atoms with Gasteiger partial charge in [-0.2, -0.15) is 0 Å². The summed E-state index contributed by atoms with van der Waals surface area (Å²) in [5.74, 6) is -0.390. The molecule has 0 atom stereocenters. The van der Waals surface area contributed by atoms with E-state index in [1.54, 1.807) is 36.4 Å². The molecular formula is C24H31ClN2O4S. The molecule has 1 saturated carbocycles. The maximum absolute atomic E-state index is 13.4. The minimum Gasteiger partial charge on any atom is -0.378 e. The summed E-state index contributed by atoms with van der Waals surface area (Å²) >= 11 is 6.29. The number of anilines is 1. The minimum atomic E-state index is -3.97. The van der Waals surface area contributed by atoms with Crippen molar-refractivity contribution in [1.82, 2.24) is 5.32 Å². The molecule has 3 rings (SSSR count). The maximum atomic E-state index is 13.4. The summed E-state index contributed by atoms with van der Waals surface area (Å²) in [5.41, 5.74) is 1.21. The number of sulfonamides is 1. The number of para-hydroxylation sites is 1. The molecule has 1 aliphatic carbocycles. The quantitative estimate of drug-likeness (QED) is 0.502. The van der Waals surface area contributed by atoms with Gasteiger partial charge in [0.25, 0.3) is 10.0 Å². The molecule has 0 saturated heterocycles. The molecule has 8 heteroatoms. The lowest BCUT2D eigenvalue weighted by Gasteiger charge is -2.25. The Morgan fingerprint density at radius 3 is 2.47 bits per heavy atom. The van der Waals surface area contributed by atoms with Crippen molar-refractivity contribution in [2.24, 2.45) is 0 Å². The highest BCUT2D eigenvalue weighted by Crippen LogP contribution is 2.30. The molecule has 0 heterocycles. The van der Waals surface area contributed by atoms with E-state index in [1.807, 2.05) is 6.92 Å². The van der Waals surface area contributed by atoms with E-state index < -0.39 is 15.9 Å². The Morgan fingerprint density at radius 2 is 1.78 bits per heavy atom. The summed E-state index contributed by atoms with van der Waals surface area (Å²) in [5, 5.41) is 3.07. The Kier molecular flexibility index (Phi) is 8.96. The monoisotopic (exact) mass is 478 g/mol. The van der Waals surface area contributed by atoms with Gasteiger partial charge in [0.1, 0.15) is 6.54 Å². The van der Waals surface area contributed by atoms with Crippen molar-refractivity contribution in [3.05, 3.63) is 59.1 Å². The standard InChI is InChI=1S/C24H31ClN2O4S/c1-19-12-14-21(15-13-19)32(29,30)27(23-11-6-5-10-22(23)25)18-24(28)26-16-7-17-31-20-8-3-2-4-9-20/h5-6,10-15,20H,2-4,7-9,16-18H2,1H3,(H,26,28). The molecule has 6 nitrogen and oxygen atoms in total. The third-order valence-electron chi connectivity index (χ3n) is 5.57. The van der Waals surface area contributed by atoms with E-state index in [1.165, 1.54) is 31.4 Å². The van der Waals surface area contributed by atoms with Gasteiger partial charge in [0.2, 0.25) is 5.91 Å².